The Kier molecular flexibility index (Phi) is 4.89. The Morgan fingerprint density at radius 3 is 2.40 bits per heavy atom. The highest BCUT2D eigenvalue weighted by molar-refractivity contribution is 7.90. The molecule has 2 bridgehead atoms. The van der Waals surface area contributed by atoms with Crippen LogP contribution in [0, 0.1) is 34.0 Å². The molecule has 0 radical (unpaired) electrons. The number of allylic oxidation sites excluding steroid dienone is 2. The highest BCUT2D eigenvalue weighted by Crippen LogP contribution is 2.70. The van der Waals surface area contributed by atoms with E-state index in [1.54, 1.807) is 6.92 Å². The lowest BCUT2D eigenvalue weighted by Gasteiger charge is -2.43. The zero-order valence-corrected chi connectivity index (χ0v) is 20.3. The summed E-state index contributed by atoms with van der Waals surface area (Å²) >= 11 is 0. The molecule has 4 aliphatic rings. The second-order valence-electron chi connectivity index (χ2n) is 12.4. The van der Waals surface area contributed by atoms with Crippen molar-refractivity contribution < 1.29 is 18.3 Å². The van der Waals surface area contributed by atoms with E-state index in [0.29, 0.717) is 12.3 Å². The van der Waals surface area contributed by atoms with Crippen LogP contribution >= 0.6 is 0 Å². The fraction of sp³-hybridized carbons (Fsp3) is 0.875. The lowest BCUT2D eigenvalue weighted by atomic mass is 9.67. The van der Waals surface area contributed by atoms with Gasteiger partial charge in [0.1, 0.15) is 0 Å². The number of fused-ring (bicyclic) bond motifs is 1. The predicted octanol–water partition coefficient (Wildman–Crippen LogP) is 4.12. The van der Waals surface area contributed by atoms with Crippen molar-refractivity contribution in [1.29, 1.82) is 0 Å². The van der Waals surface area contributed by atoms with Crippen LogP contribution in [0.4, 0.5) is 0 Å². The first-order valence-corrected chi connectivity index (χ1v) is 13.2. The topological polar surface area (TPSA) is 74.7 Å². The van der Waals surface area contributed by atoms with Gasteiger partial charge in [-0.3, -0.25) is 4.79 Å². The SMILES string of the molecule is CC(C)(C)/C=C/[C@H]1CCC[C@](C)(O)[C@@H]1C(=O)N1[C@@H]2C[C@H]3CC[C@]2(CS1(=O)=O)C3(C)C. The van der Waals surface area contributed by atoms with E-state index in [1.807, 2.05) is 0 Å². The Hall–Kier alpha value is -0.880. The number of nitrogens with zero attached hydrogens (tertiary/aromatic N) is 1. The van der Waals surface area contributed by atoms with Crippen molar-refractivity contribution in [1.82, 2.24) is 4.31 Å². The third-order valence-electron chi connectivity index (χ3n) is 9.06. The number of carbonyl (C=O) groups is 1. The van der Waals surface area contributed by atoms with Gasteiger partial charge in [0.25, 0.3) is 0 Å². The summed E-state index contributed by atoms with van der Waals surface area (Å²) in [5.74, 6) is -0.668. The smallest absolute Gasteiger partial charge is 0.242 e. The molecule has 6 atom stereocenters. The molecule has 1 aliphatic heterocycles. The lowest BCUT2D eigenvalue weighted by molar-refractivity contribution is -0.148. The molecule has 3 aliphatic carbocycles. The van der Waals surface area contributed by atoms with Gasteiger partial charge in [-0.25, -0.2) is 12.7 Å². The van der Waals surface area contributed by atoms with Crippen molar-refractivity contribution in [3.05, 3.63) is 12.2 Å². The number of aliphatic hydroxyl groups is 1. The molecule has 4 fully saturated rings. The maximum absolute atomic E-state index is 13.9. The second-order valence-corrected chi connectivity index (χ2v) is 14.2. The summed E-state index contributed by atoms with van der Waals surface area (Å²) in [5.41, 5.74) is -1.63. The third kappa shape index (κ3) is 3.11. The lowest BCUT2D eigenvalue weighted by Crippen LogP contribution is -2.54. The van der Waals surface area contributed by atoms with Crippen LogP contribution in [0.15, 0.2) is 12.2 Å². The summed E-state index contributed by atoms with van der Waals surface area (Å²) in [4.78, 5) is 13.9. The van der Waals surface area contributed by atoms with Gasteiger partial charge >= 0.3 is 0 Å². The van der Waals surface area contributed by atoms with Gasteiger partial charge in [0.15, 0.2) is 0 Å². The molecule has 4 rings (SSSR count). The number of hydrogen-bond acceptors (Lipinski definition) is 4. The van der Waals surface area contributed by atoms with Crippen LogP contribution in [-0.4, -0.2) is 41.1 Å². The van der Waals surface area contributed by atoms with Gasteiger partial charge in [-0.05, 0) is 68.1 Å². The standard InChI is InChI=1S/C24H39NO4S/c1-21(2,3)12-9-16-8-7-11-23(6,27)19(16)20(26)25-18-14-17-10-13-24(18,22(17,4)5)15-30(25,28)29/h9,12,16-19,27H,7-8,10-11,13-15H2,1-6H3/b12-9+/t16-,17-,18-,19+,23+,24-/m1/s1. The Labute approximate surface area is 182 Å². The van der Waals surface area contributed by atoms with Gasteiger partial charge in [0.2, 0.25) is 15.9 Å². The Morgan fingerprint density at radius 2 is 1.80 bits per heavy atom. The minimum Gasteiger partial charge on any atom is -0.389 e. The number of carbonyl (C=O) groups excluding carboxylic acids is 1. The van der Waals surface area contributed by atoms with Crippen molar-refractivity contribution in [2.45, 2.75) is 91.7 Å². The van der Waals surface area contributed by atoms with Crippen LogP contribution in [0.2, 0.25) is 0 Å². The van der Waals surface area contributed by atoms with E-state index in [2.05, 4.69) is 46.8 Å². The van der Waals surface area contributed by atoms with E-state index in [1.165, 1.54) is 4.31 Å². The van der Waals surface area contributed by atoms with Gasteiger partial charge in [0, 0.05) is 5.41 Å². The fourth-order valence-electron chi connectivity index (χ4n) is 7.26. The zero-order valence-electron chi connectivity index (χ0n) is 19.4. The molecule has 1 heterocycles. The van der Waals surface area contributed by atoms with E-state index in [-0.39, 0.29) is 39.9 Å². The van der Waals surface area contributed by atoms with Crippen LogP contribution in [0.25, 0.3) is 0 Å². The van der Waals surface area contributed by atoms with Gasteiger partial charge in [-0.1, -0.05) is 46.8 Å². The number of sulfonamides is 1. The van der Waals surface area contributed by atoms with Crippen LogP contribution in [0.3, 0.4) is 0 Å². The fourth-order valence-corrected chi connectivity index (χ4v) is 9.83. The molecule has 1 saturated heterocycles. The zero-order chi connectivity index (χ0) is 22.3. The van der Waals surface area contributed by atoms with Gasteiger partial charge < -0.3 is 5.11 Å². The number of hydrogen-bond donors (Lipinski definition) is 1. The van der Waals surface area contributed by atoms with Crippen LogP contribution in [0.5, 0.6) is 0 Å². The summed E-state index contributed by atoms with van der Waals surface area (Å²) in [7, 11) is -3.68. The summed E-state index contributed by atoms with van der Waals surface area (Å²) < 4.78 is 28.0. The quantitative estimate of drug-likeness (QED) is 0.660. The summed E-state index contributed by atoms with van der Waals surface area (Å²) in [6, 6.07) is -0.242. The molecule has 1 spiro atoms. The molecule has 0 unspecified atom stereocenters. The minimum atomic E-state index is -3.68. The van der Waals surface area contributed by atoms with E-state index >= 15 is 0 Å². The Morgan fingerprint density at radius 1 is 1.13 bits per heavy atom. The molecule has 0 aromatic carbocycles. The van der Waals surface area contributed by atoms with Gasteiger partial charge in [0.05, 0.1) is 23.3 Å². The van der Waals surface area contributed by atoms with Crippen LogP contribution in [0.1, 0.15) is 80.1 Å². The molecule has 0 aromatic rings. The van der Waals surface area contributed by atoms with E-state index in [0.717, 1.165) is 32.1 Å². The largest absolute Gasteiger partial charge is 0.389 e. The first-order chi connectivity index (χ1) is 13.6. The predicted molar refractivity (Wildman–Crippen MR) is 118 cm³/mol. The monoisotopic (exact) mass is 437 g/mol. The molecule has 0 aromatic heterocycles. The van der Waals surface area contributed by atoms with Crippen molar-refractivity contribution in [3.8, 4) is 0 Å². The van der Waals surface area contributed by atoms with E-state index < -0.39 is 21.5 Å². The van der Waals surface area contributed by atoms with Crippen LogP contribution in [-0.2, 0) is 14.8 Å². The molecular formula is C24H39NO4S. The maximum atomic E-state index is 13.9. The average molecular weight is 438 g/mol. The highest BCUT2D eigenvalue weighted by atomic mass is 32.2. The number of amides is 1. The second kappa shape index (κ2) is 6.57. The summed E-state index contributed by atoms with van der Waals surface area (Å²) in [5, 5.41) is 11.2. The maximum Gasteiger partial charge on any atom is 0.242 e. The van der Waals surface area contributed by atoms with Crippen molar-refractivity contribution in [3.63, 3.8) is 0 Å². The molecule has 1 amide bonds. The first kappa shape index (κ1) is 22.3. The Balaban J connectivity index is 1.72. The van der Waals surface area contributed by atoms with Crippen molar-refractivity contribution >= 4 is 15.9 Å². The molecule has 1 N–H and O–H groups in total. The average Bonchev–Trinajstić information content (AvgIpc) is 3.05. The van der Waals surface area contributed by atoms with E-state index in [9.17, 15) is 18.3 Å². The minimum absolute atomic E-state index is 0.0324. The van der Waals surface area contributed by atoms with Crippen molar-refractivity contribution in [2.75, 3.05) is 5.75 Å². The molecule has 30 heavy (non-hydrogen) atoms. The first-order valence-electron chi connectivity index (χ1n) is 11.6. The van der Waals surface area contributed by atoms with Crippen molar-refractivity contribution in [2.24, 2.45) is 34.0 Å². The molecule has 5 nitrogen and oxygen atoms in total. The van der Waals surface area contributed by atoms with Gasteiger partial charge in [-0.15, -0.1) is 0 Å². The van der Waals surface area contributed by atoms with Crippen LogP contribution < -0.4 is 0 Å². The number of rotatable bonds is 2. The normalized spacial score (nSPS) is 44.6. The molecule has 3 saturated carbocycles. The summed E-state index contributed by atoms with van der Waals surface area (Å²) in [6.45, 7) is 12.4. The Bertz CT molecular complexity index is 866. The third-order valence-corrected chi connectivity index (χ3v) is 11.0. The van der Waals surface area contributed by atoms with Gasteiger partial charge in [-0.2, -0.15) is 0 Å². The molecule has 170 valence electrons. The highest BCUT2D eigenvalue weighted by Gasteiger charge is 2.73. The molecule has 6 heteroatoms. The summed E-state index contributed by atoms with van der Waals surface area (Å²) in [6.07, 6.45) is 9.03. The van der Waals surface area contributed by atoms with E-state index in [4.69, 9.17) is 0 Å². The molecular weight excluding hydrogens is 398 g/mol.